The largest absolute Gasteiger partial charge is 0.489 e. The number of halogens is 2. The molecule has 1 nitrogen and oxygen atoms in total. The van der Waals surface area contributed by atoms with Crippen LogP contribution in [-0.2, 0) is 0 Å². The lowest BCUT2D eigenvalue weighted by molar-refractivity contribution is 0.238. The third-order valence-corrected chi connectivity index (χ3v) is 3.64. The first-order chi connectivity index (χ1) is 6.91. The molecule has 84 valence electrons. The van der Waals surface area contributed by atoms with Gasteiger partial charge in [0.25, 0.3) is 0 Å². The first-order valence-electron chi connectivity index (χ1n) is 5.07. The molecule has 0 aromatic heterocycles. The summed E-state index contributed by atoms with van der Waals surface area (Å²) in [6, 6.07) is 4.43. The van der Waals surface area contributed by atoms with Crippen LogP contribution < -0.4 is 4.74 Å². The highest BCUT2D eigenvalue weighted by Gasteiger charge is 2.11. The Labute approximate surface area is 119 Å². The Morgan fingerprint density at radius 3 is 1.80 bits per heavy atom. The molecule has 3 heteroatoms. The van der Waals surface area contributed by atoms with Gasteiger partial charge in [0.2, 0.25) is 0 Å². The van der Waals surface area contributed by atoms with E-state index in [2.05, 4.69) is 85.0 Å². The lowest BCUT2D eigenvalue weighted by atomic mass is 10.0. The van der Waals surface area contributed by atoms with Crippen molar-refractivity contribution in [2.24, 2.45) is 0 Å². The summed E-state index contributed by atoms with van der Waals surface area (Å²) in [6.45, 7) is 8.54. The Morgan fingerprint density at radius 2 is 1.47 bits per heavy atom. The molecular formula is C12H16I2O. The molecule has 0 heterocycles. The van der Waals surface area contributed by atoms with Crippen LogP contribution in [-0.4, -0.2) is 6.10 Å². The van der Waals surface area contributed by atoms with Crippen LogP contribution in [0.15, 0.2) is 12.1 Å². The third-order valence-electron chi connectivity index (χ3n) is 2.04. The Kier molecular flexibility index (Phi) is 5.15. The van der Waals surface area contributed by atoms with Crippen molar-refractivity contribution in [3.8, 4) is 5.75 Å². The Bertz CT molecular complexity index is 322. The van der Waals surface area contributed by atoms with Crippen molar-refractivity contribution in [3.05, 3.63) is 24.8 Å². The number of ether oxygens (including phenoxy) is 1. The summed E-state index contributed by atoms with van der Waals surface area (Å²) in [7, 11) is 0. The zero-order valence-corrected chi connectivity index (χ0v) is 13.8. The second-order valence-electron chi connectivity index (χ2n) is 4.13. The van der Waals surface area contributed by atoms with Crippen molar-refractivity contribution < 1.29 is 4.74 Å². The van der Waals surface area contributed by atoms with Gasteiger partial charge in [0, 0.05) is 0 Å². The first-order valence-corrected chi connectivity index (χ1v) is 7.23. The lowest BCUT2D eigenvalue weighted by Gasteiger charge is -2.16. The minimum atomic E-state index is 0.233. The Morgan fingerprint density at radius 1 is 1.00 bits per heavy atom. The molecule has 0 saturated carbocycles. The lowest BCUT2D eigenvalue weighted by Crippen LogP contribution is -2.08. The fourth-order valence-electron chi connectivity index (χ4n) is 1.26. The van der Waals surface area contributed by atoms with Gasteiger partial charge in [-0.3, -0.25) is 0 Å². The Balaban J connectivity index is 3.10. The molecule has 1 rings (SSSR count). The SMILES string of the molecule is CC(C)Oc1c([131I])cc(C(C)C)cc1[131I]. The second-order valence-corrected chi connectivity index (χ2v) is 6.46. The standard InChI is InChI=1S/C12H16I2O/c1-7(2)9-5-10(13)12(11(14)6-9)15-8(3)4/h5-8H,1-4H3/i13+4,14+4. The van der Waals surface area contributed by atoms with E-state index in [0.29, 0.717) is 5.92 Å². The first kappa shape index (κ1) is 13.5. The maximum absolute atomic E-state index is 5.80. The van der Waals surface area contributed by atoms with Gasteiger partial charge in [-0.1, -0.05) is 13.8 Å². The summed E-state index contributed by atoms with van der Waals surface area (Å²) in [5.74, 6) is 1.59. The van der Waals surface area contributed by atoms with E-state index in [0.717, 1.165) is 5.75 Å². The zero-order chi connectivity index (χ0) is 11.6. The van der Waals surface area contributed by atoms with E-state index in [-0.39, 0.29) is 6.10 Å². The molecule has 1 aromatic carbocycles. The highest BCUT2D eigenvalue weighted by atomic mass is 131. The molecule has 0 aliphatic heterocycles. The van der Waals surface area contributed by atoms with E-state index in [9.17, 15) is 0 Å². The fourth-order valence-corrected chi connectivity index (χ4v) is 3.33. The minimum Gasteiger partial charge on any atom is -0.489 e. The molecule has 0 unspecified atom stereocenters. The van der Waals surface area contributed by atoms with E-state index >= 15 is 0 Å². The smallest absolute Gasteiger partial charge is 0.146 e. The molecule has 0 atom stereocenters. The summed E-state index contributed by atoms with van der Waals surface area (Å²) < 4.78 is 8.21. The van der Waals surface area contributed by atoms with Crippen LogP contribution in [0.25, 0.3) is 0 Å². The molecular weight excluding hydrogens is 422 g/mol. The summed E-state index contributed by atoms with van der Waals surface area (Å²) in [5.41, 5.74) is 1.37. The maximum atomic E-state index is 5.80. The van der Waals surface area contributed by atoms with Crippen molar-refractivity contribution in [3.63, 3.8) is 0 Å². The molecule has 0 N–H and O–H groups in total. The molecule has 0 spiro atoms. The average molecular weight is 438 g/mol. The van der Waals surface area contributed by atoms with Crippen LogP contribution in [0.1, 0.15) is 39.2 Å². The normalized spacial score (nSPS) is 11.2. The van der Waals surface area contributed by atoms with E-state index in [1.165, 1.54) is 12.7 Å². The van der Waals surface area contributed by atoms with Crippen LogP contribution in [0, 0.1) is 7.14 Å². The van der Waals surface area contributed by atoms with Crippen LogP contribution in [0.3, 0.4) is 0 Å². The monoisotopic (exact) mass is 438 g/mol. The average Bonchev–Trinajstić information content (AvgIpc) is 2.10. The van der Waals surface area contributed by atoms with Gasteiger partial charge < -0.3 is 4.74 Å². The topological polar surface area (TPSA) is 9.23 Å². The highest BCUT2D eigenvalue weighted by Crippen LogP contribution is 2.32. The van der Waals surface area contributed by atoms with Gasteiger partial charge in [-0.25, -0.2) is 0 Å². The Hall–Kier alpha value is 0.480. The molecule has 0 fully saturated rings. The predicted octanol–water partition coefficient (Wildman–Crippen LogP) is 4.81. The van der Waals surface area contributed by atoms with Crippen LogP contribution in [0.4, 0.5) is 0 Å². The molecule has 1 aromatic rings. The van der Waals surface area contributed by atoms with Gasteiger partial charge in [0.15, 0.2) is 0 Å². The molecule has 0 saturated heterocycles. The molecule has 0 aliphatic carbocycles. The predicted molar refractivity (Wildman–Crippen MR) is 81.7 cm³/mol. The quantitative estimate of drug-likeness (QED) is 0.617. The van der Waals surface area contributed by atoms with Gasteiger partial charge in [-0.15, -0.1) is 0 Å². The van der Waals surface area contributed by atoms with E-state index in [1.54, 1.807) is 0 Å². The minimum absolute atomic E-state index is 0.233. The van der Waals surface area contributed by atoms with Gasteiger partial charge >= 0.3 is 0 Å². The van der Waals surface area contributed by atoms with Crippen molar-refractivity contribution in [1.82, 2.24) is 0 Å². The second kappa shape index (κ2) is 5.70. The highest BCUT2D eigenvalue weighted by molar-refractivity contribution is 14.1. The zero-order valence-electron chi connectivity index (χ0n) is 9.47. The number of hydrogen-bond acceptors (Lipinski definition) is 1. The van der Waals surface area contributed by atoms with Crippen LogP contribution >= 0.6 is 45.2 Å². The number of hydrogen-bond donors (Lipinski definition) is 0. The maximum Gasteiger partial charge on any atom is 0.146 e. The van der Waals surface area contributed by atoms with Crippen LogP contribution in [0.2, 0.25) is 0 Å². The van der Waals surface area contributed by atoms with Gasteiger partial charge in [-0.2, -0.15) is 0 Å². The van der Waals surface area contributed by atoms with E-state index in [4.69, 9.17) is 4.74 Å². The third kappa shape index (κ3) is 3.76. The van der Waals surface area contributed by atoms with Gasteiger partial charge in [-0.05, 0) is 82.6 Å². The number of rotatable bonds is 3. The van der Waals surface area contributed by atoms with Crippen molar-refractivity contribution in [2.75, 3.05) is 0 Å². The van der Waals surface area contributed by atoms with E-state index < -0.39 is 0 Å². The molecule has 15 heavy (non-hydrogen) atoms. The summed E-state index contributed by atoms with van der Waals surface area (Å²) in [6.07, 6.45) is 0.233. The van der Waals surface area contributed by atoms with Gasteiger partial charge in [0.1, 0.15) is 5.75 Å². The molecule has 0 bridgehead atoms. The molecule has 0 amide bonds. The van der Waals surface area contributed by atoms with Crippen LogP contribution in [0.5, 0.6) is 5.75 Å². The summed E-state index contributed by atoms with van der Waals surface area (Å²) in [5, 5.41) is 0. The van der Waals surface area contributed by atoms with E-state index in [1.807, 2.05) is 0 Å². The van der Waals surface area contributed by atoms with Gasteiger partial charge in [0.05, 0.1) is 13.2 Å². The summed E-state index contributed by atoms with van der Waals surface area (Å²) in [4.78, 5) is 0. The molecule has 0 radical (unpaired) electrons. The summed E-state index contributed by atoms with van der Waals surface area (Å²) >= 11 is 4.70. The van der Waals surface area contributed by atoms with Crippen molar-refractivity contribution in [2.45, 2.75) is 39.7 Å². The van der Waals surface area contributed by atoms with Crippen molar-refractivity contribution in [1.29, 1.82) is 0 Å². The fraction of sp³-hybridized carbons (Fsp3) is 0.500. The van der Waals surface area contributed by atoms with Crippen molar-refractivity contribution >= 4 is 45.2 Å². The molecule has 0 aliphatic rings. The number of benzene rings is 1.